The fraction of sp³-hybridized carbons (Fsp3) is 0.974. The summed E-state index contributed by atoms with van der Waals surface area (Å²) in [6, 6.07) is 0. The average Bonchev–Trinajstić information content (AvgIpc) is 3.86. The van der Waals surface area contributed by atoms with Crippen LogP contribution in [0.1, 0.15) is 168 Å². The number of Topliss-reactive ketones (excluding diaryl/α,β-unsaturated/α-hetero) is 1. The Morgan fingerprint density at radius 2 is 0.773 bits per heavy atom. The van der Waals surface area contributed by atoms with Gasteiger partial charge in [0.1, 0.15) is 18.0 Å². The van der Waals surface area contributed by atoms with Crippen molar-refractivity contribution in [3.05, 3.63) is 0 Å². The summed E-state index contributed by atoms with van der Waals surface area (Å²) in [5, 5.41) is 0. The molecule has 2 unspecified atom stereocenters. The maximum atomic E-state index is 9.44. The van der Waals surface area contributed by atoms with Gasteiger partial charge >= 0.3 is 0 Å². The summed E-state index contributed by atoms with van der Waals surface area (Å²) in [6.45, 7) is 23.5. The molecule has 2 aliphatic carbocycles. The minimum Gasteiger partial charge on any atom is -0.388 e. The van der Waals surface area contributed by atoms with Crippen LogP contribution in [0, 0.1) is 11.8 Å². The van der Waals surface area contributed by atoms with E-state index in [0.29, 0.717) is 24.4 Å². The van der Waals surface area contributed by atoms with Gasteiger partial charge in [-0.3, -0.25) is 0 Å². The number of epoxide rings is 2. The number of hydrogen-bond donors (Lipinski definition) is 0. The number of ketones is 1. The molecule has 0 bridgehead atoms. The number of ether oxygens (including phenoxy) is 5. The Hall–Kier alpha value is -0.530. The lowest BCUT2D eigenvalue weighted by Crippen LogP contribution is -2.27. The minimum atomic E-state index is 0. The molecule has 2 saturated carbocycles. The molecule has 2 aliphatic heterocycles. The van der Waals surface area contributed by atoms with Crippen LogP contribution in [0.15, 0.2) is 0 Å². The Bertz CT molecular complexity index is 456. The van der Waals surface area contributed by atoms with Crippen molar-refractivity contribution < 1.29 is 28.5 Å². The molecule has 0 aromatic carbocycles. The van der Waals surface area contributed by atoms with Gasteiger partial charge in [-0.25, -0.2) is 0 Å². The van der Waals surface area contributed by atoms with E-state index < -0.39 is 0 Å². The second-order valence-electron chi connectivity index (χ2n) is 12.2. The molecular weight excluding hydrogens is 552 g/mol. The molecule has 4 fully saturated rings. The molecule has 2 heterocycles. The van der Waals surface area contributed by atoms with Crippen LogP contribution < -0.4 is 0 Å². The van der Waals surface area contributed by atoms with E-state index in [0.717, 1.165) is 38.3 Å². The van der Waals surface area contributed by atoms with Crippen molar-refractivity contribution in [2.24, 2.45) is 11.8 Å². The molecule has 6 nitrogen and oxygen atoms in total. The summed E-state index contributed by atoms with van der Waals surface area (Å²) in [5.41, 5.74) is 0. The zero-order valence-electron chi connectivity index (χ0n) is 30.4. The van der Waals surface area contributed by atoms with Crippen LogP contribution >= 0.6 is 0 Å². The van der Waals surface area contributed by atoms with E-state index >= 15 is 0 Å². The smallest absolute Gasteiger partial charge is 0.126 e. The van der Waals surface area contributed by atoms with Crippen molar-refractivity contribution in [3.63, 3.8) is 0 Å². The van der Waals surface area contributed by atoms with E-state index in [1.54, 1.807) is 14.2 Å². The lowest BCUT2D eigenvalue weighted by Gasteiger charge is -2.34. The van der Waals surface area contributed by atoms with E-state index in [2.05, 4.69) is 60.1 Å². The Kier molecular flexibility index (Phi) is 48.8. The van der Waals surface area contributed by atoms with Gasteiger partial charge in [0.05, 0.1) is 38.6 Å². The van der Waals surface area contributed by atoms with E-state index in [1.807, 2.05) is 0 Å². The van der Waals surface area contributed by atoms with Gasteiger partial charge in [-0.05, 0) is 83.5 Å². The minimum absolute atomic E-state index is 0. The van der Waals surface area contributed by atoms with Gasteiger partial charge in [0.25, 0.3) is 0 Å². The molecule has 2 saturated heterocycles. The van der Waals surface area contributed by atoms with Crippen molar-refractivity contribution in [1.82, 2.24) is 0 Å². The van der Waals surface area contributed by atoms with Crippen LogP contribution in [-0.4, -0.2) is 70.8 Å². The number of hydrogen-bond acceptors (Lipinski definition) is 6. The highest BCUT2D eigenvalue weighted by Gasteiger charge is 2.30. The number of carbonyl (C=O) groups excluding carboxylic acids is 1. The summed E-state index contributed by atoms with van der Waals surface area (Å²) >= 11 is 0. The Labute approximate surface area is 278 Å². The molecule has 0 aromatic rings. The van der Waals surface area contributed by atoms with Crippen molar-refractivity contribution in [3.8, 4) is 0 Å². The highest BCUT2D eigenvalue weighted by Crippen LogP contribution is 2.37. The summed E-state index contributed by atoms with van der Waals surface area (Å²) in [6.07, 6.45) is 18.8. The first-order valence-electron chi connectivity index (χ1n) is 17.5. The Balaban J connectivity index is -0.000000202. The average molecular weight is 637 g/mol. The second kappa shape index (κ2) is 40.5. The molecule has 0 amide bonds. The van der Waals surface area contributed by atoms with E-state index in [1.165, 1.54) is 97.3 Å². The summed E-state index contributed by atoms with van der Waals surface area (Å²) in [7, 11) is 3.25. The van der Waals surface area contributed by atoms with Crippen molar-refractivity contribution in [1.29, 1.82) is 0 Å². The van der Waals surface area contributed by atoms with Crippen LogP contribution in [0.4, 0.5) is 0 Å². The highest BCUT2D eigenvalue weighted by molar-refractivity contribution is 5.72. The third-order valence-electron chi connectivity index (χ3n) is 6.09. The van der Waals surface area contributed by atoms with Crippen LogP contribution in [0.2, 0.25) is 0 Å². The lowest BCUT2D eigenvalue weighted by molar-refractivity contribution is -0.115. The van der Waals surface area contributed by atoms with Crippen molar-refractivity contribution in [2.75, 3.05) is 40.6 Å². The SMILES string of the molecule is C.C.C1CC(OCC2CO2)CCC1CC1CCC(OCC2CO2)CC1.CC(C)=O.CCC.CCC.CCC.CCC.COC. The normalized spacial score (nSPS) is 25.3. The topological polar surface area (TPSA) is 69.8 Å². The quantitative estimate of drug-likeness (QED) is 0.247. The summed E-state index contributed by atoms with van der Waals surface area (Å²) < 4.78 is 26.6. The third kappa shape index (κ3) is 43.6. The van der Waals surface area contributed by atoms with Crippen LogP contribution in [-0.2, 0) is 28.5 Å². The molecule has 272 valence electrons. The molecule has 44 heavy (non-hydrogen) atoms. The molecule has 0 aromatic heterocycles. The number of methoxy groups -OCH3 is 1. The monoisotopic (exact) mass is 637 g/mol. The molecule has 2 atom stereocenters. The lowest BCUT2D eigenvalue weighted by atomic mass is 9.76. The molecule has 0 radical (unpaired) electrons. The van der Waals surface area contributed by atoms with Crippen molar-refractivity contribution >= 4 is 5.78 Å². The van der Waals surface area contributed by atoms with Gasteiger partial charge < -0.3 is 28.5 Å². The molecule has 0 spiro atoms. The first-order valence-corrected chi connectivity index (χ1v) is 17.5. The molecule has 6 heteroatoms. The Morgan fingerprint density at radius 3 is 0.955 bits per heavy atom. The molecule has 4 rings (SSSR count). The van der Waals surface area contributed by atoms with E-state index in [9.17, 15) is 4.79 Å². The predicted molar refractivity (Wildman–Crippen MR) is 194 cm³/mol. The first-order chi connectivity index (χ1) is 20.2. The highest BCUT2D eigenvalue weighted by atomic mass is 16.6. The molecule has 0 N–H and O–H groups in total. The standard InChI is InChI=1S/C19H32O4.C3H6O.4C3H8.C2H6O.2CH4/c1-5-16(20-10-18-12-22-18)6-2-14(1)9-15-3-7-17(8-4-15)21-11-19-13-23-19;1-3(2)4;5*1-3-2;;/h14-19H,1-13H2;1-2H3;4*3H2,1-2H3;1-2H3;2*1H4. The van der Waals surface area contributed by atoms with Gasteiger partial charge in [0.2, 0.25) is 0 Å². The molecular formula is C38H84O6. The largest absolute Gasteiger partial charge is 0.388 e. The zero-order chi connectivity index (χ0) is 32.6. The zero-order valence-corrected chi connectivity index (χ0v) is 30.4. The Morgan fingerprint density at radius 1 is 0.568 bits per heavy atom. The second-order valence-corrected chi connectivity index (χ2v) is 12.2. The van der Waals surface area contributed by atoms with Gasteiger partial charge in [-0.15, -0.1) is 0 Å². The predicted octanol–water partition coefficient (Wildman–Crippen LogP) is 11.1. The van der Waals surface area contributed by atoms with Crippen molar-refractivity contribution in [2.45, 2.75) is 192 Å². The van der Waals surface area contributed by atoms with Gasteiger partial charge in [-0.2, -0.15) is 0 Å². The maximum Gasteiger partial charge on any atom is 0.126 e. The molecule has 4 aliphatic rings. The number of rotatable bonds is 8. The van der Waals surface area contributed by atoms with Crippen LogP contribution in [0.25, 0.3) is 0 Å². The van der Waals surface area contributed by atoms with Gasteiger partial charge in [-0.1, -0.05) is 95.9 Å². The van der Waals surface area contributed by atoms with Crippen LogP contribution in [0.3, 0.4) is 0 Å². The maximum absolute atomic E-state index is 9.44. The van der Waals surface area contributed by atoms with Gasteiger partial charge in [0, 0.05) is 14.2 Å². The first kappa shape index (κ1) is 53.0. The fourth-order valence-electron chi connectivity index (χ4n) is 4.36. The van der Waals surface area contributed by atoms with E-state index in [4.69, 9.17) is 18.9 Å². The van der Waals surface area contributed by atoms with Crippen LogP contribution in [0.5, 0.6) is 0 Å². The fourth-order valence-corrected chi connectivity index (χ4v) is 4.36. The summed E-state index contributed by atoms with van der Waals surface area (Å²) in [5.74, 6) is 2.05. The summed E-state index contributed by atoms with van der Waals surface area (Å²) in [4.78, 5) is 9.44. The number of carbonyl (C=O) groups is 1. The van der Waals surface area contributed by atoms with E-state index in [-0.39, 0.29) is 20.6 Å². The van der Waals surface area contributed by atoms with Gasteiger partial charge in [0.15, 0.2) is 0 Å². The third-order valence-corrected chi connectivity index (χ3v) is 6.09.